The number of ketones is 1. The number of amides is 1. The van der Waals surface area contributed by atoms with Crippen molar-refractivity contribution in [3.05, 3.63) is 69.4 Å². The molecule has 1 unspecified atom stereocenters. The molecule has 1 aliphatic heterocycles. The second-order valence-corrected chi connectivity index (χ2v) is 7.87. The second kappa shape index (κ2) is 7.86. The number of hydrogen-bond acceptors (Lipinski definition) is 4. The Kier molecular flexibility index (Phi) is 5.68. The molecule has 0 aliphatic carbocycles. The average molecular weight is 420 g/mol. The van der Waals surface area contributed by atoms with Crippen molar-refractivity contribution in [2.75, 3.05) is 4.90 Å². The summed E-state index contributed by atoms with van der Waals surface area (Å²) in [5.74, 6) is -1.46. The van der Waals surface area contributed by atoms with Gasteiger partial charge in [-0.1, -0.05) is 49.2 Å². The number of halogens is 2. The maximum Gasteiger partial charge on any atom is 0.294 e. The molecular formula is C21H19Cl2NO4. The number of anilines is 1. The van der Waals surface area contributed by atoms with E-state index in [1.54, 1.807) is 24.3 Å². The molecule has 28 heavy (non-hydrogen) atoms. The number of aliphatic hydroxyl groups is 1. The largest absolute Gasteiger partial charge is 0.508 e. The lowest BCUT2D eigenvalue weighted by atomic mass is 9.92. The first-order chi connectivity index (χ1) is 13.2. The maximum absolute atomic E-state index is 12.9. The first-order valence-corrected chi connectivity index (χ1v) is 9.50. The average Bonchev–Trinajstić information content (AvgIpc) is 2.89. The number of carbonyl (C=O) groups excluding carboxylic acids is 2. The van der Waals surface area contributed by atoms with Gasteiger partial charge in [-0.15, -0.1) is 0 Å². The van der Waals surface area contributed by atoms with E-state index in [-0.39, 0.29) is 34.5 Å². The van der Waals surface area contributed by atoms with Gasteiger partial charge in [-0.05, 0) is 41.8 Å². The molecule has 5 nitrogen and oxygen atoms in total. The molecule has 2 aromatic carbocycles. The van der Waals surface area contributed by atoms with E-state index in [9.17, 15) is 19.8 Å². The van der Waals surface area contributed by atoms with E-state index >= 15 is 0 Å². The Bertz CT molecular complexity index is 967. The number of aliphatic hydroxyl groups excluding tert-OH is 1. The minimum atomic E-state index is -0.836. The van der Waals surface area contributed by atoms with Crippen molar-refractivity contribution >= 4 is 40.6 Å². The zero-order valence-corrected chi connectivity index (χ0v) is 16.8. The Morgan fingerprint density at radius 2 is 1.71 bits per heavy atom. The molecule has 1 atom stereocenters. The minimum Gasteiger partial charge on any atom is -0.508 e. The number of aromatic hydroxyl groups is 1. The van der Waals surface area contributed by atoms with Crippen LogP contribution in [0.2, 0.25) is 10.0 Å². The van der Waals surface area contributed by atoms with Crippen molar-refractivity contribution in [3.63, 3.8) is 0 Å². The zero-order valence-electron chi connectivity index (χ0n) is 15.3. The summed E-state index contributed by atoms with van der Waals surface area (Å²) in [6, 6.07) is 9.97. The molecular weight excluding hydrogens is 401 g/mol. The molecule has 7 heteroatoms. The highest BCUT2D eigenvalue weighted by Crippen LogP contribution is 2.43. The van der Waals surface area contributed by atoms with E-state index < -0.39 is 17.7 Å². The third-order valence-corrected chi connectivity index (χ3v) is 5.23. The first-order valence-electron chi connectivity index (χ1n) is 8.74. The number of carbonyl (C=O) groups is 2. The molecule has 3 rings (SSSR count). The van der Waals surface area contributed by atoms with Crippen molar-refractivity contribution in [2.45, 2.75) is 26.3 Å². The van der Waals surface area contributed by atoms with Gasteiger partial charge < -0.3 is 10.2 Å². The molecule has 1 heterocycles. The molecule has 2 aromatic rings. The van der Waals surface area contributed by atoms with E-state index in [2.05, 4.69) is 0 Å². The third-order valence-electron chi connectivity index (χ3n) is 4.49. The predicted octanol–water partition coefficient (Wildman–Crippen LogP) is 5.21. The van der Waals surface area contributed by atoms with Gasteiger partial charge in [0.1, 0.15) is 5.75 Å². The molecule has 2 N–H and O–H groups in total. The van der Waals surface area contributed by atoms with E-state index in [1.807, 2.05) is 13.8 Å². The van der Waals surface area contributed by atoms with Crippen LogP contribution in [0.25, 0.3) is 0 Å². The van der Waals surface area contributed by atoms with Crippen LogP contribution in [0, 0.1) is 5.92 Å². The molecule has 1 amide bonds. The highest BCUT2D eigenvalue weighted by Gasteiger charge is 2.44. The van der Waals surface area contributed by atoms with Crippen LogP contribution in [0.5, 0.6) is 5.75 Å². The van der Waals surface area contributed by atoms with Crippen molar-refractivity contribution in [1.82, 2.24) is 0 Å². The van der Waals surface area contributed by atoms with Crippen LogP contribution in [0.4, 0.5) is 5.69 Å². The summed E-state index contributed by atoms with van der Waals surface area (Å²) in [6.07, 6.45) is 0.191. The Hall–Kier alpha value is -2.50. The summed E-state index contributed by atoms with van der Waals surface area (Å²) in [5, 5.41) is 20.7. The normalized spacial score (nSPS) is 17.0. The lowest BCUT2D eigenvalue weighted by Gasteiger charge is -2.27. The SMILES string of the molecule is CC(C)CC(=O)C1=C(O)C(=O)N(c2ccc(Cl)c(Cl)c2)C1c1ccc(O)cc1. The van der Waals surface area contributed by atoms with Crippen molar-refractivity contribution in [2.24, 2.45) is 5.92 Å². The van der Waals surface area contributed by atoms with E-state index in [4.69, 9.17) is 23.2 Å². The van der Waals surface area contributed by atoms with Gasteiger partial charge in [0.05, 0.1) is 21.7 Å². The summed E-state index contributed by atoms with van der Waals surface area (Å²) >= 11 is 12.1. The van der Waals surface area contributed by atoms with E-state index in [0.29, 0.717) is 16.3 Å². The number of phenolic OH excluding ortho intramolecular Hbond substituents is 1. The minimum absolute atomic E-state index is 0.0375. The van der Waals surface area contributed by atoms with E-state index in [1.165, 1.54) is 23.1 Å². The van der Waals surface area contributed by atoms with Crippen LogP contribution in [0.3, 0.4) is 0 Å². The van der Waals surface area contributed by atoms with Crippen LogP contribution in [0.15, 0.2) is 53.8 Å². The van der Waals surface area contributed by atoms with Crippen molar-refractivity contribution in [1.29, 1.82) is 0 Å². The smallest absolute Gasteiger partial charge is 0.294 e. The third kappa shape index (κ3) is 3.73. The predicted molar refractivity (Wildman–Crippen MR) is 109 cm³/mol. The standard InChI is InChI=1S/C21H19Cl2NO4/c1-11(2)9-17(26)18-19(12-3-6-14(25)7-4-12)24(21(28)20(18)27)13-5-8-15(22)16(23)10-13/h3-8,10-11,19,25,27H,9H2,1-2H3. The van der Waals surface area contributed by atoms with Crippen LogP contribution in [-0.4, -0.2) is 21.9 Å². The number of benzene rings is 2. The fraction of sp³-hybridized carbons (Fsp3) is 0.238. The van der Waals surface area contributed by atoms with Gasteiger partial charge in [-0.25, -0.2) is 0 Å². The lowest BCUT2D eigenvalue weighted by Crippen LogP contribution is -2.31. The molecule has 0 spiro atoms. The topological polar surface area (TPSA) is 77.8 Å². The maximum atomic E-state index is 12.9. The number of Topliss-reactive ketones (excluding diaryl/α,β-unsaturated/α-hetero) is 1. The molecule has 0 bridgehead atoms. The molecule has 0 saturated carbocycles. The molecule has 146 valence electrons. The van der Waals surface area contributed by atoms with Crippen molar-refractivity contribution < 1.29 is 19.8 Å². The van der Waals surface area contributed by atoms with Gasteiger partial charge in [-0.3, -0.25) is 14.5 Å². The summed E-state index contributed by atoms with van der Waals surface area (Å²) in [5.41, 5.74) is 1.01. The molecule has 0 saturated heterocycles. The summed E-state index contributed by atoms with van der Waals surface area (Å²) in [6.45, 7) is 3.77. The van der Waals surface area contributed by atoms with Crippen LogP contribution >= 0.6 is 23.2 Å². The van der Waals surface area contributed by atoms with Gasteiger partial charge in [0, 0.05) is 12.1 Å². The van der Waals surface area contributed by atoms with Crippen LogP contribution in [0.1, 0.15) is 31.9 Å². The molecule has 0 fully saturated rings. The van der Waals surface area contributed by atoms with Gasteiger partial charge in [0.2, 0.25) is 0 Å². The van der Waals surface area contributed by atoms with Gasteiger partial charge in [-0.2, -0.15) is 0 Å². The van der Waals surface area contributed by atoms with Gasteiger partial charge in [0.25, 0.3) is 5.91 Å². The Balaban J connectivity index is 2.16. The Morgan fingerprint density at radius 3 is 2.29 bits per heavy atom. The molecule has 1 aliphatic rings. The highest BCUT2D eigenvalue weighted by molar-refractivity contribution is 6.42. The summed E-state index contributed by atoms with van der Waals surface area (Å²) in [7, 11) is 0. The summed E-state index contributed by atoms with van der Waals surface area (Å²) < 4.78 is 0. The van der Waals surface area contributed by atoms with E-state index in [0.717, 1.165) is 0 Å². The van der Waals surface area contributed by atoms with Crippen LogP contribution < -0.4 is 4.90 Å². The fourth-order valence-electron chi connectivity index (χ4n) is 3.24. The van der Waals surface area contributed by atoms with Crippen LogP contribution in [-0.2, 0) is 9.59 Å². The van der Waals surface area contributed by atoms with Gasteiger partial charge >= 0.3 is 0 Å². The Morgan fingerprint density at radius 1 is 1.07 bits per heavy atom. The quantitative estimate of drug-likeness (QED) is 0.696. The highest BCUT2D eigenvalue weighted by atomic mass is 35.5. The number of hydrogen-bond donors (Lipinski definition) is 2. The number of phenols is 1. The fourth-order valence-corrected chi connectivity index (χ4v) is 3.54. The molecule has 0 aromatic heterocycles. The Labute approximate surface area is 172 Å². The summed E-state index contributed by atoms with van der Waals surface area (Å²) in [4.78, 5) is 27.1. The lowest BCUT2D eigenvalue weighted by molar-refractivity contribution is -0.118. The monoisotopic (exact) mass is 419 g/mol. The second-order valence-electron chi connectivity index (χ2n) is 7.05. The molecule has 0 radical (unpaired) electrons. The first kappa shape index (κ1) is 20.2. The number of nitrogens with zero attached hydrogens (tertiary/aromatic N) is 1. The van der Waals surface area contributed by atoms with Gasteiger partial charge in [0.15, 0.2) is 11.5 Å². The zero-order chi connectivity index (χ0) is 20.6. The van der Waals surface area contributed by atoms with Crippen molar-refractivity contribution in [3.8, 4) is 5.75 Å². The number of rotatable bonds is 5.